The van der Waals surface area contributed by atoms with Crippen LogP contribution < -0.4 is 15.4 Å². The molecule has 0 saturated carbocycles. The molecule has 0 aromatic heterocycles. The fraction of sp³-hybridized carbons (Fsp3) is 0.647. The Labute approximate surface area is 123 Å². The van der Waals surface area contributed by atoms with E-state index < -0.39 is 0 Å². The van der Waals surface area contributed by atoms with E-state index in [9.17, 15) is 0 Å². The molecular weight excluding hydrogens is 248 g/mol. The molecule has 0 radical (unpaired) electrons. The summed E-state index contributed by atoms with van der Waals surface area (Å²) in [5.41, 5.74) is 8.60. The number of rotatable bonds is 6. The van der Waals surface area contributed by atoms with E-state index in [1.165, 1.54) is 24.1 Å². The minimum Gasteiger partial charge on any atom is -0.494 e. The Balaban J connectivity index is 1.92. The zero-order chi connectivity index (χ0) is 14.4. The number of aryl methyl sites for hydroxylation is 1. The number of hydrogen-bond acceptors (Lipinski definition) is 3. The van der Waals surface area contributed by atoms with E-state index in [-0.39, 0.29) is 0 Å². The number of nitrogens with two attached hydrogens (primary N) is 1. The molecule has 0 amide bonds. The fourth-order valence-corrected chi connectivity index (χ4v) is 2.75. The maximum absolute atomic E-state index is 5.97. The number of hydrogen-bond donors (Lipinski definition) is 1. The molecule has 3 nitrogen and oxygen atoms in total. The summed E-state index contributed by atoms with van der Waals surface area (Å²) >= 11 is 0. The SMILES string of the molecule is CCCCCOc1ccc(N2CCC(N)CC2)c(C)c1. The summed E-state index contributed by atoms with van der Waals surface area (Å²) in [6, 6.07) is 6.84. The van der Waals surface area contributed by atoms with Gasteiger partial charge in [0.1, 0.15) is 5.75 Å². The lowest BCUT2D eigenvalue weighted by Gasteiger charge is -2.33. The van der Waals surface area contributed by atoms with E-state index in [0.717, 1.165) is 44.7 Å². The Morgan fingerprint density at radius 2 is 2.00 bits per heavy atom. The van der Waals surface area contributed by atoms with Crippen molar-refractivity contribution >= 4 is 5.69 Å². The highest BCUT2D eigenvalue weighted by Gasteiger charge is 2.17. The number of unbranched alkanes of at least 4 members (excludes halogenated alkanes) is 2. The van der Waals surface area contributed by atoms with Crippen molar-refractivity contribution in [1.29, 1.82) is 0 Å². The molecule has 0 spiro atoms. The third kappa shape index (κ3) is 4.14. The van der Waals surface area contributed by atoms with Crippen molar-refractivity contribution in [2.24, 2.45) is 5.73 Å². The molecule has 0 aliphatic carbocycles. The van der Waals surface area contributed by atoms with Crippen LogP contribution in [0.25, 0.3) is 0 Å². The molecule has 1 aromatic carbocycles. The Hall–Kier alpha value is -1.22. The van der Waals surface area contributed by atoms with E-state index in [0.29, 0.717) is 6.04 Å². The minimum absolute atomic E-state index is 0.382. The largest absolute Gasteiger partial charge is 0.494 e. The highest BCUT2D eigenvalue weighted by atomic mass is 16.5. The molecule has 1 fully saturated rings. The highest BCUT2D eigenvalue weighted by molar-refractivity contribution is 5.56. The summed E-state index contributed by atoms with van der Waals surface area (Å²) in [5, 5.41) is 0. The molecule has 0 bridgehead atoms. The predicted molar refractivity (Wildman–Crippen MR) is 85.6 cm³/mol. The molecule has 2 N–H and O–H groups in total. The summed E-state index contributed by atoms with van der Waals surface area (Å²) in [7, 11) is 0. The third-order valence-electron chi connectivity index (χ3n) is 4.07. The van der Waals surface area contributed by atoms with Crippen molar-refractivity contribution in [3.05, 3.63) is 23.8 Å². The Kier molecular flexibility index (Phi) is 5.72. The van der Waals surface area contributed by atoms with Crippen LogP contribution in [-0.2, 0) is 0 Å². The summed E-state index contributed by atoms with van der Waals surface area (Å²) in [4.78, 5) is 2.44. The summed E-state index contributed by atoms with van der Waals surface area (Å²) < 4.78 is 5.81. The molecule has 1 heterocycles. The van der Waals surface area contributed by atoms with Gasteiger partial charge in [0.05, 0.1) is 6.61 Å². The molecule has 1 saturated heterocycles. The van der Waals surface area contributed by atoms with Gasteiger partial charge in [-0.2, -0.15) is 0 Å². The Morgan fingerprint density at radius 3 is 2.65 bits per heavy atom. The van der Waals surface area contributed by atoms with Gasteiger partial charge in [-0.3, -0.25) is 0 Å². The maximum atomic E-state index is 5.97. The smallest absolute Gasteiger partial charge is 0.119 e. The van der Waals surface area contributed by atoms with Crippen LogP contribution in [0.1, 0.15) is 44.6 Å². The van der Waals surface area contributed by atoms with Crippen LogP contribution in [0.15, 0.2) is 18.2 Å². The number of piperidine rings is 1. The average molecular weight is 276 g/mol. The van der Waals surface area contributed by atoms with Gasteiger partial charge in [-0.15, -0.1) is 0 Å². The minimum atomic E-state index is 0.382. The lowest BCUT2D eigenvalue weighted by molar-refractivity contribution is 0.306. The van der Waals surface area contributed by atoms with Gasteiger partial charge in [0.15, 0.2) is 0 Å². The first kappa shape index (κ1) is 15.2. The molecule has 1 aromatic rings. The molecule has 2 rings (SSSR count). The Bertz CT molecular complexity index is 411. The van der Waals surface area contributed by atoms with Crippen LogP contribution in [-0.4, -0.2) is 25.7 Å². The standard InChI is InChI=1S/C17H28N2O/c1-3-4-5-12-20-16-6-7-17(14(2)13-16)19-10-8-15(18)9-11-19/h6-7,13,15H,3-5,8-12,18H2,1-2H3. The van der Waals surface area contributed by atoms with Gasteiger partial charge in [-0.05, 0) is 49.9 Å². The van der Waals surface area contributed by atoms with E-state index in [1.807, 2.05) is 0 Å². The molecular formula is C17H28N2O. The first-order valence-corrected chi connectivity index (χ1v) is 7.94. The van der Waals surface area contributed by atoms with Gasteiger partial charge in [0.25, 0.3) is 0 Å². The van der Waals surface area contributed by atoms with Crippen molar-refractivity contribution in [3.8, 4) is 5.75 Å². The van der Waals surface area contributed by atoms with Crippen LogP contribution in [0.2, 0.25) is 0 Å². The van der Waals surface area contributed by atoms with Gasteiger partial charge in [0.2, 0.25) is 0 Å². The normalized spacial score (nSPS) is 16.4. The number of ether oxygens (including phenoxy) is 1. The number of benzene rings is 1. The second-order valence-electron chi connectivity index (χ2n) is 5.83. The van der Waals surface area contributed by atoms with Gasteiger partial charge in [0, 0.05) is 24.8 Å². The molecule has 20 heavy (non-hydrogen) atoms. The quantitative estimate of drug-likeness (QED) is 0.808. The van der Waals surface area contributed by atoms with Crippen molar-refractivity contribution in [3.63, 3.8) is 0 Å². The van der Waals surface area contributed by atoms with Crippen LogP contribution in [0.3, 0.4) is 0 Å². The summed E-state index contributed by atoms with van der Waals surface area (Å²) in [6.07, 6.45) is 5.80. The topological polar surface area (TPSA) is 38.5 Å². The van der Waals surface area contributed by atoms with Crippen molar-refractivity contribution in [1.82, 2.24) is 0 Å². The molecule has 3 heteroatoms. The van der Waals surface area contributed by atoms with Gasteiger partial charge >= 0.3 is 0 Å². The van der Waals surface area contributed by atoms with Gasteiger partial charge in [-0.25, -0.2) is 0 Å². The van der Waals surface area contributed by atoms with Gasteiger partial charge < -0.3 is 15.4 Å². The second kappa shape index (κ2) is 7.53. The summed E-state index contributed by atoms with van der Waals surface area (Å²) in [6.45, 7) is 7.34. The van der Waals surface area contributed by atoms with Crippen LogP contribution in [0.5, 0.6) is 5.75 Å². The van der Waals surface area contributed by atoms with E-state index in [1.54, 1.807) is 0 Å². The lowest BCUT2D eigenvalue weighted by atomic mass is 10.0. The monoisotopic (exact) mass is 276 g/mol. The van der Waals surface area contributed by atoms with Crippen molar-refractivity contribution in [2.75, 3.05) is 24.6 Å². The van der Waals surface area contributed by atoms with Crippen molar-refractivity contribution < 1.29 is 4.74 Å². The van der Waals surface area contributed by atoms with Crippen molar-refractivity contribution in [2.45, 2.75) is 52.0 Å². The molecule has 0 atom stereocenters. The first-order valence-electron chi connectivity index (χ1n) is 7.94. The van der Waals surface area contributed by atoms with Crippen LogP contribution in [0.4, 0.5) is 5.69 Å². The highest BCUT2D eigenvalue weighted by Crippen LogP contribution is 2.27. The van der Waals surface area contributed by atoms with Crippen LogP contribution >= 0.6 is 0 Å². The molecule has 1 aliphatic rings. The van der Waals surface area contributed by atoms with Gasteiger partial charge in [-0.1, -0.05) is 19.8 Å². The fourth-order valence-electron chi connectivity index (χ4n) is 2.75. The number of anilines is 1. The molecule has 0 unspecified atom stereocenters. The van der Waals surface area contributed by atoms with Crippen LogP contribution in [0, 0.1) is 6.92 Å². The maximum Gasteiger partial charge on any atom is 0.119 e. The lowest BCUT2D eigenvalue weighted by Crippen LogP contribution is -2.39. The second-order valence-corrected chi connectivity index (χ2v) is 5.83. The Morgan fingerprint density at radius 1 is 1.25 bits per heavy atom. The van der Waals surface area contributed by atoms with E-state index in [2.05, 4.69) is 36.9 Å². The van der Waals surface area contributed by atoms with E-state index in [4.69, 9.17) is 10.5 Å². The predicted octanol–water partition coefficient (Wildman–Crippen LogP) is 3.49. The molecule has 112 valence electrons. The number of nitrogens with zero attached hydrogens (tertiary/aromatic N) is 1. The van der Waals surface area contributed by atoms with E-state index >= 15 is 0 Å². The first-order chi connectivity index (χ1) is 9.70. The zero-order valence-electron chi connectivity index (χ0n) is 12.9. The average Bonchev–Trinajstić information content (AvgIpc) is 2.45. The third-order valence-corrected chi connectivity index (χ3v) is 4.07. The molecule has 1 aliphatic heterocycles. The summed E-state index contributed by atoms with van der Waals surface area (Å²) in [5.74, 6) is 0.996. The zero-order valence-corrected chi connectivity index (χ0v) is 12.9.